The van der Waals surface area contributed by atoms with E-state index in [0.29, 0.717) is 25.7 Å². The molecule has 0 bridgehead atoms. The highest BCUT2D eigenvalue weighted by Gasteiger charge is 3.02. The maximum absolute atomic E-state index is 14.5. The summed E-state index contributed by atoms with van der Waals surface area (Å²) >= 11 is 0. The van der Waals surface area contributed by atoms with E-state index < -0.39 is 47.2 Å². The third-order valence-corrected chi connectivity index (χ3v) is 4.95. The molecule has 1 amide bonds. The Balaban J connectivity index is 2.54. The Morgan fingerprint density at radius 2 is 0.926 bits per heavy atom. The van der Waals surface area contributed by atoms with Gasteiger partial charge in [-0.25, -0.2) is 4.39 Å². The molecule has 158 valence electrons. The third kappa shape index (κ3) is 2.48. The topological polar surface area (TPSA) is 29.1 Å². The Morgan fingerprint density at radius 1 is 0.593 bits per heavy atom. The minimum atomic E-state index is -7.31. The van der Waals surface area contributed by atoms with Crippen LogP contribution in [0.15, 0.2) is 0 Å². The van der Waals surface area contributed by atoms with Crippen LogP contribution in [0.25, 0.3) is 0 Å². The molecule has 27 heavy (non-hydrogen) atoms. The zero-order valence-corrected chi connectivity index (χ0v) is 13.4. The van der Waals surface area contributed by atoms with E-state index in [2.05, 4.69) is 0 Å². The fourth-order valence-electron chi connectivity index (χ4n) is 3.22. The van der Waals surface area contributed by atoms with Gasteiger partial charge in [-0.05, 0) is 12.8 Å². The van der Waals surface area contributed by atoms with Gasteiger partial charge in [0.1, 0.15) is 0 Å². The number of carbonyl (C=O) groups is 1. The van der Waals surface area contributed by atoms with Crippen LogP contribution in [-0.4, -0.2) is 47.2 Å². The molecule has 2 aliphatic rings. The lowest BCUT2D eigenvalue weighted by Crippen LogP contribution is -2.86. The highest BCUT2D eigenvalue weighted by molar-refractivity contribution is 5.89. The van der Waals surface area contributed by atoms with Crippen LogP contribution >= 0.6 is 0 Å². The van der Waals surface area contributed by atoms with Crippen LogP contribution in [-0.2, 0) is 4.79 Å². The van der Waals surface area contributed by atoms with Gasteiger partial charge >= 0.3 is 35.3 Å². The first-order chi connectivity index (χ1) is 12.0. The Hall–Kier alpha value is -1.30. The predicted octanol–water partition coefficient (Wildman–Crippen LogP) is 4.72. The summed E-state index contributed by atoms with van der Waals surface area (Å²) in [5, 5.41) is 1.30. The van der Waals surface area contributed by atoms with Crippen molar-refractivity contribution < 1.29 is 53.1 Å². The molecule has 0 aromatic carbocycles. The average Bonchev–Trinajstić information content (AvgIpc) is 2.80. The van der Waals surface area contributed by atoms with E-state index in [0.717, 1.165) is 0 Å². The highest BCUT2D eigenvalue weighted by Crippen LogP contribution is 2.69. The SMILES string of the molecule is O=C(NC1CCCCCC1)C1(F)C(F)(F)C(F)(F)C(F)(F)C(F)(F)C1(F)F. The predicted molar refractivity (Wildman–Crippen MR) is 68.2 cm³/mol. The number of halogens is 11. The average molecular weight is 421 g/mol. The first kappa shape index (κ1) is 22.0. The van der Waals surface area contributed by atoms with Crippen molar-refractivity contribution in [2.45, 2.75) is 79.8 Å². The van der Waals surface area contributed by atoms with Crippen molar-refractivity contribution in [1.82, 2.24) is 5.32 Å². The van der Waals surface area contributed by atoms with Gasteiger partial charge in [-0.1, -0.05) is 25.7 Å². The number of carbonyl (C=O) groups excluding carboxylic acids is 1. The normalized spacial score (nSPS) is 30.9. The number of alkyl halides is 11. The molecule has 0 aromatic rings. The molecule has 2 rings (SSSR count). The van der Waals surface area contributed by atoms with Gasteiger partial charge in [-0.3, -0.25) is 4.79 Å². The second-order valence-corrected chi connectivity index (χ2v) is 6.69. The van der Waals surface area contributed by atoms with Crippen LogP contribution in [0.2, 0.25) is 0 Å². The van der Waals surface area contributed by atoms with E-state index in [1.165, 1.54) is 5.32 Å². The van der Waals surface area contributed by atoms with Crippen LogP contribution in [0.1, 0.15) is 38.5 Å². The van der Waals surface area contributed by atoms with Crippen molar-refractivity contribution in [1.29, 1.82) is 0 Å². The van der Waals surface area contributed by atoms with E-state index in [-0.39, 0.29) is 12.8 Å². The molecule has 1 N–H and O–H groups in total. The van der Waals surface area contributed by atoms with E-state index in [9.17, 15) is 53.1 Å². The number of hydrogen-bond acceptors (Lipinski definition) is 1. The van der Waals surface area contributed by atoms with Gasteiger partial charge in [0.2, 0.25) is 0 Å². The van der Waals surface area contributed by atoms with Crippen LogP contribution in [0.3, 0.4) is 0 Å². The molecule has 2 aliphatic carbocycles. The van der Waals surface area contributed by atoms with Crippen molar-refractivity contribution >= 4 is 5.91 Å². The molecule has 0 heterocycles. The highest BCUT2D eigenvalue weighted by atomic mass is 19.4. The summed E-state index contributed by atoms with van der Waals surface area (Å²) in [7, 11) is 0. The molecule has 0 atom stereocenters. The zero-order chi connectivity index (χ0) is 21.1. The van der Waals surface area contributed by atoms with Gasteiger partial charge in [0, 0.05) is 6.04 Å². The minimum Gasteiger partial charge on any atom is -0.350 e. The second-order valence-electron chi connectivity index (χ2n) is 6.69. The van der Waals surface area contributed by atoms with Crippen LogP contribution in [0.4, 0.5) is 48.3 Å². The first-order valence-corrected chi connectivity index (χ1v) is 7.89. The molecular formula is C14H14F11NO. The van der Waals surface area contributed by atoms with E-state index in [1.54, 1.807) is 0 Å². The van der Waals surface area contributed by atoms with Crippen LogP contribution < -0.4 is 5.32 Å². The summed E-state index contributed by atoms with van der Waals surface area (Å²) in [6, 6.07) is -1.23. The smallest absolute Gasteiger partial charge is 0.350 e. The molecule has 0 spiro atoms. The molecule has 2 fully saturated rings. The number of rotatable bonds is 2. The fraction of sp³-hybridized carbons (Fsp3) is 0.929. The van der Waals surface area contributed by atoms with E-state index in [1.807, 2.05) is 0 Å². The lowest BCUT2D eigenvalue weighted by atomic mass is 9.71. The Labute approximate surface area is 145 Å². The van der Waals surface area contributed by atoms with Gasteiger partial charge in [-0.15, -0.1) is 0 Å². The third-order valence-electron chi connectivity index (χ3n) is 4.95. The molecule has 0 aromatic heterocycles. The van der Waals surface area contributed by atoms with Gasteiger partial charge in [0.15, 0.2) is 0 Å². The van der Waals surface area contributed by atoms with Gasteiger partial charge < -0.3 is 5.32 Å². The lowest BCUT2D eigenvalue weighted by molar-refractivity contribution is -0.476. The first-order valence-electron chi connectivity index (χ1n) is 7.89. The quantitative estimate of drug-likeness (QED) is 0.507. The maximum Gasteiger partial charge on any atom is 0.384 e. The van der Waals surface area contributed by atoms with Crippen LogP contribution in [0.5, 0.6) is 0 Å². The van der Waals surface area contributed by atoms with Gasteiger partial charge in [0.05, 0.1) is 0 Å². The largest absolute Gasteiger partial charge is 0.384 e. The molecule has 0 saturated heterocycles. The Kier molecular flexibility index (Phi) is 4.97. The molecule has 0 aliphatic heterocycles. The second kappa shape index (κ2) is 6.10. The summed E-state index contributed by atoms with van der Waals surface area (Å²) in [5.41, 5.74) is -6.60. The Bertz CT molecular complexity index is 566. The number of nitrogens with one attached hydrogen (secondary N) is 1. The molecule has 0 radical (unpaired) electrons. The van der Waals surface area contributed by atoms with Crippen LogP contribution in [0, 0.1) is 0 Å². The lowest BCUT2D eigenvalue weighted by Gasteiger charge is -2.51. The molecule has 2 saturated carbocycles. The summed E-state index contributed by atoms with van der Waals surface area (Å²) < 4.78 is 149. The van der Waals surface area contributed by atoms with Crippen molar-refractivity contribution in [3.63, 3.8) is 0 Å². The van der Waals surface area contributed by atoms with Gasteiger partial charge in [0.25, 0.3) is 5.91 Å². The summed E-state index contributed by atoms with van der Waals surface area (Å²) in [6.45, 7) is 0. The summed E-state index contributed by atoms with van der Waals surface area (Å²) in [6.07, 6.45) is 1.76. The van der Waals surface area contributed by atoms with E-state index in [4.69, 9.17) is 0 Å². The standard InChI is InChI=1S/C14H14F11NO/c15-9(8(27)26-7-5-3-1-2-4-6-7)10(16,17)12(20,21)14(24,25)13(22,23)11(9,18)19/h7H,1-6H2,(H,26,27). The maximum atomic E-state index is 14.5. The molecular weight excluding hydrogens is 407 g/mol. The van der Waals surface area contributed by atoms with Crippen molar-refractivity contribution in [3.05, 3.63) is 0 Å². The Morgan fingerprint density at radius 3 is 1.30 bits per heavy atom. The minimum absolute atomic E-state index is 0.0398. The van der Waals surface area contributed by atoms with Gasteiger partial charge in [-0.2, -0.15) is 43.9 Å². The van der Waals surface area contributed by atoms with Crippen molar-refractivity contribution in [2.24, 2.45) is 0 Å². The summed E-state index contributed by atoms with van der Waals surface area (Å²) in [4.78, 5) is 11.8. The fourth-order valence-corrected chi connectivity index (χ4v) is 3.22. The van der Waals surface area contributed by atoms with Crippen molar-refractivity contribution in [2.75, 3.05) is 0 Å². The number of amides is 1. The molecule has 0 unspecified atom stereocenters. The number of hydrogen-bond donors (Lipinski definition) is 1. The summed E-state index contributed by atoms with van der Waals surface area (Å²) in [5.74, 6) is -39.3. The van der Waals surface area contributed by atoms with E-state index >= 15 is 0 Å². The van der Waals surface area contributed by atoms with Crippen molar-refractivity contribution in [3.8, 4) is 0 Å². The molecule has 2 nitrogen and oxygen atoms in total. The molecule has 13 heteroatoms. The zero-order valence-electron chi connectivity index (χ0n) is 13.4. The monoisotopic (exact) mass is 421 g/mol.